The van der Waals surface area contributed by atoms with E-state index in [2.05, 4.69) is 11.1 Å². The van der Waals surface area contributed by atoms with Crippen LogP contribution in [0, 0.1) is 5.41 Å². The molecule has 0 unspecified atom stereocenters. The summed E-state index contributed by atoms with van der Waals surface area (Å²) in [4.78, 5) is 19.2. The van der Waals surface area contributed by atoms with Gasteiger partial charge in [-0.25, -0.2) is 0 Å². The molecule has 1 aliphatic heterocycles. The Bertz CT molecular complexity index is 480. The number of carbonyl (C=O) groups is 1. The molecule has 19 heavy (non-hydrogen) atoms. The van der Waals surface area contributed by atoms with Gasteiger partial charge in [-0.2, -0.15) is 0 Å². The lowest BCUT2D eigenvalue weighted by atomic mass is 9.84. The topological polar surface area (TPSA) is 59.2 Å². The van der Waals surface area contributed by atoms with Crippen molar-refractivity contribution < 1.29 is 4.79 Å². The molecule has 0 radical (unpaired) electrons. The van der Waals surface area contributed by atoms with Gasteiger partial charge in [0.2, 0.25) is 5.91 Å². The van der Waals surface area contributed by atoms with Gasteiger partial charge in [-0.05, 0) is 24.5 Å². The van der Waals surface area contributed by atoms with Gasteiger partial charge < -0.3 is 10.6 Å². The molecule has 0 bridgehead atoms. The highest BCUT2D eigenvalue weighted by Crippen LogP contribution is 2.39. The van der Waals surface area contributed by atoms with Crippen molar-refractivity contribution in [3.63, 3.8) is 0 Å². The van der Waals surface area contributed by atoms with E-state index in [9.17, 15) is 4.79 Å². The van der Waals surface area contributed by atoms with Crippen LogP contribution in [0.15, 0.2) is 18.3 Å². The van der Waals surface area contributed by atoms with Crippen LogP contribution in [0.25, 0.3) is 0 Å². The van der Waals surface area contributed by atoms with E-state index >= 15 is 0 Å². The predicted molar refractivity (Wildman–Crippen MR) is 73.3 cm³/mol. The molecule has 1 aromatic rings. The number of aromatic nitrogens is 1. The Hall–Kier alpha value is -1.42. The first kappa shape index (κ1) is 12.6. The maximum atomic E-state index is 12.8. The Morgan fingerprint density at radius 1 is 1.42 bits per heavy atom. The molecule has 102 valence electrons. The van der Waals surface area contributed by atoms with Crippen molar-refractivity contribution in [3.05, 3.63) is 29.6 Å². The number of carbonyl (C=O) groups excluding carboxylic acids is 1. The molecule has 0 saturated heterocycles. The van der Waals surface area contributed by atoms with E-state index in [1.54, 1.807) is 0 Å². The second kappa shape index (κ2) is 4.93. The van der Waals surface area contributed by atoms with Crippen molar-refractivity contribution in [2.75, 3.05) is 13.1 Å². The molecule has 0 atom stereocenters. The normalized spacial score (nSPS) is 21.2. The van der Waals surface area contributed by atoms with Gasteiger partial charge in [0.25, 0.3) is 0 Å². The second-order valence-corrected chi connectivity index (χ2v) is 5.78. The fraction of sp³-hybridized carbons (Fsp3) is 0.600. The summed E-state index contributed by atoms with van der Waals surface area (Å²) >= 11 is 0. The fourth-order valence-electron chi connectivity index (χ4n) is 3.43. The molecule has 4 heteroatoms. The van der Waals surface area contributed by atoms with E-state index < -0.39 is 0 Å². The maximum Gasteiger partial charge on any atom is 0.230 e. The van der Waals surface area contributed by atoms with Crippen molar-refractivity contribution in [1.29, 1.82) is 0 Å². The number of nitrogens with zero attached hydrogens (tertiary/aromatic N) is 2. The van der Waals surface area contributed by atoms with Gasteiger partial charge in [0, 0.05) is 37.9 Å². The highest BCUT2D eigenvalue weighted by atomic mass is 16.2. The second-order valence-electron chi connectivity index (χ2n) is 5.78. The number of hydrogen-bond donors (Lipinski definition) is 1. The van der Waals surface area contributed by atoms with Gasteiger partial charge >= 0.3 is 0 Å². The van der Waals surface area contributed by atoms with Crippen LogP contribution in [0.1, 0.15) is 36.9 Å². The van der Waals surface area contributed by atoms with Crippen LogP contribution in [-0.2, 0) is 17.8 Å². The quantitative estimate of drug-likeness (QED) is 0.875. The number of fused-ring (bicyclic) bond motifs is 1. The zero-order chi connectivity index (χ0) is 13.3. The minimum atomic E-state index is -0.278. The Kier molecular flexibility index (Phi) is 3.27. The van der Waals surface area contributed by atoms with Gasteiger partial charge in [0.05, 0.1) is 5.41 Å². The average molecular weight is 259 g/mol. The predicted octanol–water partition coefficient (Wildman–Crippen LogP) is 1.49. The van der Waals surface area contributed by atoms with E-state index in [-0.39, 0.29) is 11.3 Å². The van der Waals surface area contributed by atoms with Gasteiger partial charge in [0.1, 0.15) is 0 Å². The van der Waals surface area contributed by atoms with Crippen molar-refractivity contribution in [2.24, 2.45) is 11.1 Å². The van der Waals surface area contributed by atoms with E-state index in [0.717, 1.165) is 44.3 Å². The summed E-state index contributed by atoms with van der Waals surface area (Å²) in [5, 5.41) is 0. The molecule has 1 saturated carbocycles. The third-order valence-electron chi connectivity index (χ3n) is 4.66. The van der Waals surface area contributed by atoms with Crippen molar-refractivity contribution >= 4 is 5.91 Å². The van der Waals surface area contributed by atoms with Crippen LogP contribution >= 0.6 is 0 Å². The minimum absolute atomic E-state index is 0.266. The molecule has 1 amide bonds. The highest BCUT2D eigenvalue weighted by molar-refractivity contribution is 5.83. The van der Waals surface area contributed by atoms with Crippen molar-refractivity contribution in [2.45, 2.75) is 38.6 Å². The molecular formula is C15H21N3O. The number of pyridine rings is 1. The summed E-state index contributed by atoms with van der Waals surface area (Å²) in [6.07, 6.45) is 6.87. The molecule has 1 fully saturated rings. The van der Waals surface area contributed by atoms with Crippen LogP contribution < -0.4 is 5.73 Å². The molecule has 1 aliphatic carbocycles. The van der Waals surface area contributed by atoms with Crippen LogP contribution in [0.3, 0.4) is 0 Å². The Balaban J connectivity index is 1.79. The maximum absolute atomic E-state index is 12.8. The number of hydrogen-bond acceptors (Lipinski definition) is 3. The van der Waals surface area contributed by atoms with E-state index in [4.69, 9.17) is 5.73 Å². The molecule has 0 aromatic carbocycles. The SMILES string of the molecule is NCC1(C(=O)N2CCc3ncccc3C2)CCCC1. The molecule has 1 aromatic heterocycles. The third-order valence-corrected chi connectivity index (χ3v) is 4.66. The lowest BCUT2D eigenvalue weighted by Crippen LogP contribution is -2.48. The van der Waals surface area contributed by atoms with Gasteiger partial charge in [0.15, 0.2) is 0 Å². The summed E-state index contributed by atoms with van der Waals surface area (Å²) in [6.45, 7) is 1.97. The Morgan fingerprint density at radius 3 is 2.95 bits per heavy atom. The Labute approximate surface area is 114 Å². The molecule has 2 heterocycles. The number of nitrogens with two attached hydrogens (primary N) is 1. The molecule has 3 rings (SSSR count). The summed E-state index contributed by atoms with van der Waals surface area (Å²) in [7, 11) is 0. The van der Waals surface area contributed by atoms with Gasteiger partial charge in [-0.1, -0.05) is 18.9 Å². The first-order valence-electron chi connectivity index (χ1n) is 7.17. The molecule has 2 aliphatic rings. The summed E-state index contributed by atoms with van der Waals surface area (Å²) in [5.74, 6) is 0.266. The Morgan fingerprint density at radius 2 is 2.21 bits per heavy atom. The standard InChI is InChI=1S/C15H21N3O/c16-11-15(6-1-2-7-15)14(19)18-9-5-13-12(10-18)4-3-8-17-13/h3-4,8H,1-2,5-7,9-11,16H2. The van der Waals surface area contributed by atoms with Crippen molar-refractivity contribution in [3.8, 4) is 0 Å². The third kappa shape index (κ3) is 2.14. The van der Waals surface area contributed by atoms with Gasteiger partial charge in [-0.15, -0.1) is 0 Å². The monoisotopic (exact) mass is 259 g/mol. The number of amides is 1. The summed E-state index contributed by atoms with van der Waals surface area (Å²) < 4.78 is 0. The smallest absolute Gasteiger partial charge is 0.230 e. The summed E-state index contributed by atoms with van der Waals surface area (Å²) in [5.41, 5.74) is 7.96. The first-order valence-corrected chi connectivity index (χ1v) is 7.17. The zero-order valence-corrected chi connectivity index (χ0v) is 11.3. The van der Waals surface area contributed by atoms with Crippen LogP contribution in [0.2, 0.25) is 0 Å². The molecular weight excluding hydrogens is 238 g/mol. The van der Waals surface area contributed by atoms with Crippen LogP contribution in [0.5, 0.6) is 0 Å². The highest BCUT2D eigenvalue weighted by Gasteiger charge is 2.42. The largest absolute Gasteiger partial charge is 0.337 e. The lowest BCUT2D eigenvalue weighted by molar-refractivity contribution is -0.142. The minimum Gasteiger partial charge on any atom is -0.337 e. The fourth-order valence-corrected chi connectivity index (χ4v) is 3.43. The molecule has 4 nitrogen and oxygen atoms in total. The molecule has 0 spiro atoms. The first-order chi connectivity index (χ1) is 9.25. The van der Waals surface area contributed by atoms with E-state index in [1.807, 2.05) is 17.2 Å². The molecule has 2 N–H and O–H groups in total. The average Bonchev–Trinajstić information content (AvgIpc) is 2.96. The lowest BCUT2D eigenvalue weighted by Gasteiger charge is -2.36. The van der Waals surface area contributed by atoms with Crippen LogP contribution in [0.4, 0.5) is 0 Å². The summed E-state index contributed by atoms with van der Waals surface area (Å²) in [6, 6.07) is 4.02. The van der Waals surface area contributed by atoms with E-state index in [0.29, 0.717) is 13.1 Å². The zero-order valence-electron chi connectivity index (χ0n) is 11.3. The number of rotatable bonds is 2. The van der Waals surface area contributed by atoms with E-state index in [1.165, 1.54) is 5.56 Å². The van der Waals surface area contributed by atoms with Gasteiger partial charge in [-0.3, -0.25) is 9.78 Å². The van der Waals surface area contributed by atoms with Crippen LogP contribution in [-0.4, -0.2) is 28.9 Å². The van der Waals surface area contributed by atoms with Crippen molar-refractivity contribution in [1.82, 2.24) is 9.88 Å².